The van der Waals surface area contributed by atoms with E-state index in [0.29, 0.717) is 28.4 Å². The van der Waals surface area contributed by atoms with Gasteiger partial charge >= 0.3 is 0 Å². The fourth-order valence-electron chi connectivity index (χ4n) is 6.52. The topological polar surface area (TPSA) is 67.4 Å². The van der Waals surface area contributed by atoms with E-state index >= 15 is 0 Å². The number of anilines is 2. The number of carbonyl (C=O) groups excluding carboxylic acids is 2. The molecule has 0 spiro atoms. The number of hydrogen-bond donors (Lipinski definition) is 2. The highest BCUT2D eigenvalue weighted by Gasteiger charge is 2.51. The smallest absolute Gasteiger partial charge is 0.265 e. The zero-order chi connectivity index (χ0) is 20.7. The molecule has 2 N–H and O–H groups in total. The van der Waals surface area contributed by atoms with Crippen molar-refractivity contribution in [2.24, 2.45) is 23.2 Å². The van der Waals surface area contributed by atoms with Gasteiger partial charge in [-0.2, -0.15) is 0 Å². The Morgan fingerprint density at radius 1 is 1.07 bits per heavy atom. The zero-order valence-corrected chi connectivity index (χ0v) is 18.1. The van der Waals surface area contributed by atoms with Crippen LogP contribution in [-0.4, -0.2) is 18.9 Å². The summed E-state index contributed by atoms with van der Waals surface area (Å²) in [5.74, 6) is 2.99. The van der Waals surface area contributed by atoms with Gasteiger partial charge in [-0.15, -0.1) is 11.3 Å². The monoisotopic (exact) mass is 424 g/mol. The van der Waals surface area contributed by atoms with Crippen molar-refractivity contribution in [2.45, 2.75) is 44.9 Å². The van der Waals surface area contributed by atoms with Crippen LogP contribution in [0.1, 0.15) is 54.6 Å². The molecule has 4 aliphatic carbocycles. The molecule has 4 aliphatic rings. The third kappa shape index (κ3) is 3.85. The minimum atomic E-state index is -0.165. The van der Waals surface area contributed by atoms with Crippen molar-refractivity contribution in [2.75, 3.05) is 17.7 Å². The molecule has 1 aromatic carbocycles. The highest BCUT2D eigenvalue weighted by molar-refractivity contribution is 7.12. The maximum atomic E-state index is 12.9. The molecule has 0 aliphatic heterocycles. The fraction of sp³-hybridized carbons (Fsp3) is 0.500. The van der Waals surface area contributed by atoms with E-state index in [1.165, 1.54) is 49.9 Å². The van der Waals surface area contributed by atoms with Crippen molar-refractivity contribution >= 4 is 34.5 Å². The minimum Gasteiger partial charge on any atom is -0.494 e. The van der Waals surface area contributed by atoms with Crippen molar-refractivity contribution in [1.82, 2.24) is 0 Å². The van der Waals surface area contributed by atoms with Gasteiger partial charge in [-0.25, -0.2) is 0 Å². The third-order valence-electron chi connectivity index (χ3n) is 7.18. The van der Waals surface area contributed by atoms with Crippen molar-refractivity contribution in [1.29, 1.82) is 0 Å². The van der Waals surface area contributed by atoms with Crippen LogP contribution in [0.5, 0.6) is 5.75 Å². The Labute approximate surface area is 181 Å². The molecule has 4 saturated carbocycles. The first-order chi connectivity index (χ1) is 14.5. The molecule has 4 bridgehead atoms. The van der Waals surface area contributed by atoms with Gasteiger partial charge in [0, 0.05) is 18.2 Å². The van der Waals surface area contributed by atoms with Gasteiger partial charge in [-0.05, 0) is 85.3 Å². The molecule has 158 valence electrons. The average molecular weight is 425 g/mol. The number of benzene rings is 1. The SMILES string of the molecule is COc1cc(NC(=O)CC23CC4CC(CC(C4)C2)C3)ccc1NC(=O)c1cccs1. The summed E-state index contributed by atoms with van der Waals surface area (Å²) in [7, 11) is 1.57. The Bertz CT molecular complexity index is 918. The van der Waals surface area contributed by atoms with Gasteiger partial charge in [0.1, 0.15) is 5.75 Å². The number of hydrogen-bond acceptors (Lipinski definition) is 4. The van der Waals surface area contributed by atoms with E-state index < -0.39 is 0 Å². The van der Waals surface area contributed by atoms with Gasteiger partial charge < -0.3 is 15.4 Å². The van der Waals surface area contributed by atoms with Crippen LogP contribution in [-0.2, 0) is 4.79 Å². The predicted molar refractivity (Wildman–Crippen MR) is 119 cm³/mol. The third-order valence-corrected chi connectivity index (χ3v) is 8.05. The molecule has 6 heteroatoms. The van der Waals surface area contributed by atoms with E-state index in [4.69, 9.17) is 4.74 Å². The Hall–Kier alpha value is -2.34. The maximum absolute atomic E-state index is 12.9. The van der Waals surface area contributed by atoms with Gasteiger partial charge in [-0.3, -0.25) is 9.59 Å². The van der Waals surface area contributed by atoms with Crippen LogP contribution in [0.2, 0.25) is 0 Å². The number of amides is 2. The number of carbonyl (C=O) groups is 2. The van der Waals surface area contributed by atoms with Crippen LogP contribution < -0.4 is 15.4 Å². The summed E-state index contributed by atoms with van der Waals surface area (Å²) in [6.07, 6.45) is 8.45. The van der Waals surface area contributed by atoms with Crippen molar-refractivity contribution in [3.63, 3.8) is 0 Å². The average Bonchev–Trinajstić information content (AvgIpc) is 3.22. The second-order valence-corrected chi connectivity index (χ2v) is 10.4. The first-order valence-electron chi connectivity index (χ1n) is 10.8. The molecule has 1 heterocycles. The normalized spacial score (nSPS) is 28.9. The van der Waals surface area contributed by atoms with Crippen LogP contribution in [0.4, 0.5) is 11.4 Å². The molecule has 2 amide bonds. The Morgan fingerprint density at radius 2 is 1.77 bits per heavy atom. The first kappa shape index (κ1) is 19.6. The van der Waals surface area contributed by atoms with E-state index in [0.717, 1.165) is 17.8 Å². The molecule has 4 fully saturated rings. The zero-order valence-electron chi connectivity index (χ0n) is 17.3. The first-order valence-corrected chi connectivity index (χ1v) is 11.7. The van der Waals surface area contributed by atoms with Crippen LogP contribution >= 0.6 is 11.3 Å². The molecule has 30 heavy (non-hydrogen) atoms. The maximum Gasteiger partial charge on any atom is 0.265 e. The lowest BCUT2D eigenvalue weighted by Crippen LogP contribution is -2.47. The highest BCUT2D eigenvalue weighted by atomic mass is 32.1. The highest BCUT2D eigenvalue weighted by Crippen LogP contribution is 2.61. The van der Waals surface area contributed by atoms with Crippen LogP contribution in [0.15, 0.2) is 35.7 Å². The van der Waals surface area contributed by atoms with E-state index in [-0.39, 0.29) is 17.2 Å². The molecular weight excluding hydrogens is 396 g/mol. The second-order valence-electron chi connectivity index (χ2n) is 9.49. The molecule has 1 aromatic heterocycles. The molecule has 0 saturated heterocycles. The Balaban J connectivity index is 1.25. The van der Waals surface area contributed by atoms with Gasteiger partial charge in [0.15, 0.2) is 0 Å². The largest absolute Gasteiger partial charge is 0.494 e. The summed E-state index contributed by atoms with van der Waals surface area (Å²) in [4.78, 5) is 25.9. The lowest BCUT2D eigenvalue weighted by Gasteiger charge is -2.56. The molecular formula is C24H28N2O3S. The molecule has 0 atom stereocenters. The summed E-state index contributed by atoms with van der Waals surface area (Å²) >= 11 is 1.39. The lowest BCUT2D eigenvalue weighted by molar-refractivity contribution is -0.124. The van der Waals surface area contributed by atoms with E-state index in [9.17, 15) is 9.59 Å². The van der Waals surface area contributed by atoms with Gasteiger partial charge in [0.25, 0.3) is 5.91 Å². The molecule has 0 unspecified atom stereocenters. The number of nitrogens with one attached hydrogen (secondary N) is 2. The standard InChI is InChI=1S/C24H28N2O3S/c1-29-20-10-18(4-5-19(20)26-23(28)21-3-2-6-30-21)25-22(27)14-24-11-15-7-16(12-24)9-17(8-15)13-24/h2-6,10,15-17H,7-9,11-14H2,1H3,(H,25,27)(H,26,28). The molecule has 0 radical (unpaired) electrons. The summed E-state index contributed by atoms with van der Waals surface area (Å²) < 4.78 is 5.46. The lowest BCUT2D eigenvalue weighted by atomic mass is 9.49. The molecule has 2 aromatic rings. The summed E-state index contributed by atoms with van der Waals surface area (Å²) in [6, 6.07) is 9.02. The van der Waals surface area contributed by atoms with E-state index in [2.05, 4.69) is 10.6 Å². The quantitative estimate of drug-likeness (QED) is 0.638. The van der Waals surface area contributed by atoms with E-state index in [1.54, 1.807) is 25.3 Å². The predicted octanol–water partition coefficient (Wildman–Crippen LogP) is 5.55. The number of rotatable bonds is 6. The van der Waals surface area contributed by atoms with Crippen molar-refractivity contribution in [3.05, 3.63) is 40.6 Å². The Morgan fingerprint density at radius 3 is 2.37 bits per heavy atom. The van der Waals surface area contributed by atoms with Crippen LogP contribution in [0, 0.1) is 23.2 Å². The molecule has 6 rings (SSSR count). The van der Waals surface area contributed by atoms with Gasteiger partial charge in [0.05, 0.1) is 17.7 Å². The van der Waals surface area contributed by atoms with Crippen LogP contribution in [0.3, 0.4) is 0 Å². The van der Waals surface area contributed by atoms with Gasteiger partial charge in [-0.1, -0.05) is 6.07 Å². The summed E-state index contributed by atoms with van der Waals surface area (Å²) in [6.45, 7) is 0. The van der Waals surface area contributed by atoms with Crippen molar-refractivity contribution < 1.29 is 14.3 Å². The fourth-order valence-corrected chi connectivity index (χ4v) is 7.14. The number of thiophene rings is 1. The number of methoxy groups -OCH3 is 1. The van der Waals surface area contributed by atoms with Crippen LogP contribution in [0.25, 0.3) is 0 Å². The summed E-state index contributed by atoms with van der Waals surface area (Å²) in [5.41, 5.74) is 1.52. The number of ether oxygens (including phenoxy) is 1. The second kappa shape index (κ2) is 7.73. The minimum absolute atomic E-state index is 0.0920. The summed E-state index contributed by atoms with van der Waals surface area (Å²) in [5, 5.41) is 7.82. The Kier molecular flexibility index (Phi) is 5.05. The molecule has 5 nitrogen and oxygen atoms in total. The van der Waals surface area contributed by atoms with Gasteiger partial charge in [0.2, 0.25) is 5.91 Å². The van der Waals surface area contributed by atoms with Crippen molar-refractivity contribution in [3.8, 4) is 5.75 Å². The van der Waals surface area contributed by atoms with E-state index in [1.807, 2.05) is 17.5 Å².